The van der Waals surface area contributed by atoms with Gasteiger partial charge in [0.2, 0.25) is 0 Å². The summed E-state index contributed by atoms with van der Waals surface area (Å²) in [5.74, 6) is -0.0337. The Morgan fingerprint density at radius 1 is 1.67 bits per heavy atom. The van der Waals surface area contributed by atoms with E-state index in [1.54, 1.807) is 0 Å². The van der Waals surface area contributed by atoms with Gasteiger partial charge < -0.3 is 4.74 Å². The molecule has 0 bridgehead atoms. The second-order valence-electron chi connectivity index (χ2n) is 3.80. The average Bonchev–Trinajstić information content (AvgIpc) is 2.29. The zero-order valence-electron chi connectivity index (χ0n) is 8.90. The van der Waals surface area contributed by atoms with E-state index in [4.69, 9.17) is 4.74 Å². The van der Waals surface area contributed by atoms with Crippen LogP contribution >= 0.6 is 0 Å². The lowest BCUT2D eigenvalue weighted by molar-refractivity contribution is -0.148. The lowest BCUT2D eigenvalue weighted by Gasteiger charge is -2.21. The third-order valence-electron chi connectivity index (χ3n) is 2.80. The Balaban J connectivity index is 2.08. The fraction of sp³-hybridized carbons (Fsp3) is 0.500. The maximum Gasteiger partial charge on any atom is 0.309 e. The molecule has 0 saturated carbocycles. The molecule has 80 valence electrons. The molecule has 1 heterocycles. The van der Waals surface area contributed by atoms with E-state index >= 15 is 0 Å². The standard InChI is InChI=1S/C12H15NO2/c1-2-15-12(14)10-5-6-11-9(8-10)4-3-7-13-11/h3-4,7,10H,2,5-6,8H2,1H3. The van der Waals surface area contributed by atoms with E-state index in [0.717, 1.165) is 25.0 Å². The van der Waals surface area contributed by atoms with Gasteiger partial charge in [0, 0.05) is 11.9 Å². The van der Waals surface area contributed by atoms with E-state index in [2.05, 4.69) is 4.98 Å². The Bertz CT molecular complexity index is 362. The molecule has 0 saturated heterocycles. The highest BCUT2D eigenvalue weighted by molar-refractivity contribution is 5.73. The van der Waals surface area contributed by atoms with Crippen LogP contribution in [0.4, 0.5) is 0 Å². The first kappa shape index (κ1) is 10.1. The highest BCUT2D eigenvalue weighted by Gasteiger charge is 2.25. The van der Waals surface area contributed by atoms with Gasteiger partial charge in [0.1, 0.15) is 0 Å². The molecule has 3 nitrogen and oxygen atoms in total. The van der Waals surface area contributed by atoms with Crippen LogP contribution in [0.2, 0.25) is 0 Å². The van der Waals surface area contributed by atoms with Crippen LogP contribution in [0.3, 0.4) is 0 Å². The quantitative estimate of drug-likeness (QED) is 0.690. The van der Waals surface area contributed by atoms with Crippen LogP contribution in [-0.2, 0) is 22.4 Å². The van der Waals surface area contributed by atoms with Gasteiger partial charge in [-0.25, -0.2) is 0 Å². The van der Waals surface area contributed by atoms with Crippen molar-refractivity contribution in [2.24, 2.45) is 5.92 Å². The lowest BCUT2D eigenvalue weighted by atomic mass is 9.87. The number of ether oxygens (including phenoxy) is 1. The van der Waals surface area contributed by atoms with Crippen LogP contribution in [0.1, 0.15) is 24.6 Å². The highest BCUT2D eigenvalue weighted by Crippen LogP contribution is 2.24. The zero-order valence-corrected chi connectivity index (χ0v) is 8.90. The van der Waals surface area contributed by atoms with Crippen molar-refractivity contribution in [1.82, 2.24) is 4.98 Å². The number of fused-ring (bicyclic) bond motifs is 1. The number of aryl methyl sites for hydroxylation is 1. The van der Waals surface area contributed by atoms with Crippen LogP contribution in [-0.4, -0.2) is 17.6 Å². The summed E-state index contributed by atoms with van der Waals surface area (Å²) < 4.78 is 5.04. The Morgan fingerprint density at radius 3 is 3.33 bits per heavy atom. The topological polar surface area (TPSA) is 39.2 Å². The van der Waals surface area contributed by atoms with Gasteiger partial charge in [0.05, 0.1) is 12.5 Å². The van der Waals surface area contributed by atoms with Crippen LogP contribution in [0.15, 0.2) is 18.3 Å². The Hall–Kier alpha value is -1.38. The van der Waals surface area contributed by atoms with Crippen LogP contribution in [0.5, 0.6) is 0 Å². The van der Waals surface area contributed by atoms with Crippen molar-refractivity contribution < 1.29 is 9.53 Å². The number of carbonyl (C=O) groups is 1. The van der Waals surface area contributed by atoms with Crippen molar-refractivity contribution in [3.05, 3.63) is 29.6 Å². The molecule has 15 heavy (non-hydrogen) atoms. The van der Waals surface area contributed by atoms with Gasteiger partial charge in [-0.15, -0.1) is 0 Å². The van der Waals surface area contributed by atoms with Gasteiger partial charge in [0.15, 0.2) is 0 Å². The summed E-state index contributed by atoms with van der Waals surface area (Å²) >= 11 is 0. The number of hydrogen-bond acceptors (Lipinski definition) is 3. The minimum Gasteiger partial charge on any atom is -0.466 e. The summed E-state index contributed by atoms with van der Waals surface area (Å²) in [5, 5.41) is 0. The third kappa shape index (κ3) is 2.17. The molecule has 1 aliphatic rings. The molecular weight excluding hydrogens is 190 g/mol. The largest absolute Gasteiger partial charge is 0.466 e. The molecule has 0 aromatic carbocycles. The van der Waals surface area contributed by atoms with Gasteiger partial charge in [-0.1, -0.05) is 6.07 Å². The number of pyridine rings is 1. The fourth-order valence-corrected chi connectivity index (χ4v) is 2.02. The summed E-state index contributed by atoms with van der Waals surface area (Å²) in [6, 6.07) is 3.97. The molecule has 2 rings (SSSR count). The second kappa shape index (κ2) is 4.43. The van der Waals surface area contributed by atoms with Crippen molar-refractivity contribution in [3.63, 3.8) is 0 Å². The van der Waals surface area contributed by atoms with Crippen molar-refractivity contribution in [2.45, 2.75) is 26.2 Å². The summed E-state index contributed by atoms with van der Waals surface area (Å²) in [6.45, 7) is 2.31. The van der Waals surface area contributed by atoms with Crippen LogP contribution in [0.25, 0.3) is 0 Å². The average molecular weight is 205 g/mol. The predicted octanol–water partition coefficient (Wildman–Crippen LogP) is 1.75. The fourth-order valence-electron chi connectivity index (χ4n) is 2.02. The number of aromatic nitrogens is 1. The molecule has 3 heteroatoms. The predicted molar refractivity (Wildman–Crippen MR) is 56.4 cm³/mol. The molecule has 0 spiro atoms. The van der Waals surface area contributed by atoms with Crippen LogP contribution in [0, 0.1) is 5.92 Å². The van der Waals surface area contributed by atoms with Crippen molar-refractivity contribution in [2.75, 3.05) is 6.61 Å². The number of carbonyl (C=O) groups excluding carboxylic acids is 1. The second-order valence-corrected chi connectivity index (χ2v) is 3.80. The molecule has 0 N–H and O–H groups in total. The van der Waals surface area contributed by atoms with E-state index < -0.39 is 0 Å². The number of hydrogen-bond donors (Lipinski definition) is 0. The van der Waals surface area contributed by atoms with Crippen molar-refractivity contribution >= 4 is 5.97 Å². The summed E-state index contributed by atoms with van der Waals surface area (Å²) in [5.41, 5.74) is 2.33. The Labute approximate surface area is 89.5 Å². The maximum absolute atomic E-state index is 11.6. The molecular formula is C12H15NO2. The molecule has 1 aliphatic carbocycles. The smallest absolute Gasteiger partial charge is 0.309 e. The minimum absolute atomic E-state index is 0.0293. The van der Waals surface area contributed by atoms with Crippen molar-refractivity contribution in [1.29, 1.82) is 0 Å². The first-order valence-electron chi connectivity index (χ1n) is 5.40. The molecule has 0 fully saturated rings. The van der Waals surface area contributed by atoms with E-state index in [-0.39, 0.29) is 11.9 Å². The first-order valence-corrected chi connectivity index (χ1v) is 5.40. The zero-order chi connectivity index (χ0) is 10.7. The van der Waals surface area contributed by atoms with E-state index in [0.29, 0.717) is 6.61 Å². The summed E-state index contributed by atoms with van der Waals surface area (Å²) in [7, 11) is 0. The van der Waals surface area contributed by atoms with E-state index in [9.17, 15) is 4.79 Å². The molecule has 1 aromatic rings. The highest BCUT2D eigenvalue weighted by atomic mass is 16.5. The molecule has 1 aromatic heterocycles. The maximum atomic E-state index is 11.6. The van der Waals surface area contributed by atoms with E-state index in [1.165, 1.54) is 5.56 Å². The number of rotatable bonds is 2. The van der Waals surface area contributed by atoms with Gasteiger partial charge in [0.25, 0.3) is 0 Å². The number of nitrogens with zero attached hydrogens (tertiary/aromatic N) is 1. The molecule has 0 aliphatic heterocycles. The van der Waals surface area contributed by atoms with Crippen molar-refractivity contribution in [3.8, 4) is 0 Å². The number of esters is 1. The SMILES string of the molecule is CCOC(=O)C1CCc2ncccc2C1. The van der Waals surface area contributed by atoms with Crippen LogP contribution < -0.4 is 0 Å². The van der Waals surface area contributed by atoms with Gasteiger partial charge in [-0.05, 0) is 37.8 Å². The van der Waals surface area contributed by atoms with Gasteiger partial charge >= 0.3 is 5.97 Å². The molecule has 0 radical (unpaired) electrons. The Kier molecular flexibility index (Phi) is 2.99. The molecule has 1 unspecified atom stereocenters. The summed E-state index contributed by atoms with van der Waals surface area (Å²) in [6.07, 6.45) is 4.34. The first-order chi connectivity index (χ1) is 7.31. The lowest BCUT2D eigenvalue weighted by Crippen LogP contribution is -2.25. The summed E-state index contributed by atoms with van der Waals surface area (Å²) in [4.78, 5) is 15.9. The Morgan fingerprint density at radius 2 is 2.53 bits per heavy atom. The molecule has 1 atom stereocenters. The third-order valence-corrected chi connectivity index (χ3v) is 2.80. The van der Waals surface area contributed by atoms with Gasteiger partial charge in [-0.2, -0.15) is 0 Å². The monoisotopic (exact) mass is 205 g/mol. The van der Waals surface area contributed by atoms with Gasteiger partial charge in [-0.3, -0.25) is 9.78 Å². The minimum atomic E-state index is -0.0630. The van der Waals surface area contributed by atoms with E-state index in [1.807, 2.05) is 25.3 Å². The molecule has 0 amide bonds. The normalized spacial score (nSPS) is 19.4.